The zero-order valence-electron chi connectivity index (χ0n) is 10.4. The maximum absolute atomic E-state index is 13.7. The third kappa shape index (κ3) is 1.85. The lowest BCUT2D eigenvalue weighted by atomic mass is 9.84. The molecule has 18 heavy (non-hydrogen) atoms. The van der Waals surface area contributed by atoms with Crippen molar-refractivity contribution in [2.45, 2.75) is 20.3 Å². The summed E-state index contributed by atoms with van der Waals surface area (Å²) in [5.41, 5.74) is -0.685. The Bertz CT molecular complexity index is 504. The topological polar surface area (TPSA) is 49.4 Å². The van der Waals surface area contributed by atoms with Crippen molar-refractivity contribution in [3.63, 3.8) is 0 Å². The van der Waals surface area contributed by atoms with Crippen LogP contribution in [-0.2, 0) is 4.79 Å². The average molecular weight is 250 g/mol. The number of hydrogen-bond acceptors (Lipinski definition) is 2. The van der Waals surface area contributed by atoms with Crippen LogP contribution in [0.4, 0.5) is 14.9 Å². The van der Waals surface area contributed by atoms with Crippen LogP contribution >= 0.6 is 0 Å². The molecule has 5 heteroatoms. The standard InChI is InChI=1S/C13H15FN2O2/c1-3-13(2)8-15-12(18)16(11(13)17)10-7-5-4-6-9(10)14/h4-7H,3,8H2,1-2H3,(H,15,18). The van der Waals surface area contributed by atoms with E-state index in [4.69, 9.17) is 0 Å². The highest BCUT2D eigenvalue weighted by atomic mass is 19.1. The van der Waals surface area contributed by atoms with E-state index in [-0.39, 0.29) is 18.1 Å². The zero-order valence-corrected chi connectivity index (χ0v) is 10.4. The van der Waals surface area contributed by atoms with E-state index in [2.05, 4.69) is 5.32 Å². The van der Waals surface area contributed by atoms with Gasteiger partial charge in [0.1, 0.15) is 5.82 Å². The van der Waals surface area contributed by atoms with Crippen LogP contribution in [0, 0.1) is 11.2 Å². The molecule has 1 aliphatic rings. The summed E-state index contributed by atoms with van der Waals surface area (Å²) in [6.45, 7) is 3.92. The van der Waals surface area contributed by atoms with E-state index in [9.17, 15) is 14.0 Å². The molecular formula is C13H15FN2O2. The van der Waals surface area contributed by atoms with E-state index in [0.29, 0.717) is 6.42 Å². The molecule has 1 atom stereocenters. The van der Waals surface area contributed by atoms with Gasteiger partial charge in [-0.2, -0.15) is 0 Å². The third-order valence-electron chi connectivity index (χ3n) is 3.43. The first kappa shape index (κ1) is 12.5. The monoisotopic (exact) mass is 250 g/mol. The molecule has 96 valence electrons. The van der Waals surface area contributed by atoms with Crippen molar-refractivity contribution >= 4 is 17.6 Å². The van der Waals surface area contributed by atoms with Crippen LogP contribution in [0.5, 0.6) is 0 Å². The highest BCUT2D eigenvalue weighted by molar-refractivity contribution is 6.17. The van der Waals surface area contributed by atoms with Crippen molar-refractivity contribution in [1.82, 2.24) is 5.32 Å². The van der Waals surface area contributed by atoms with Gasteiger partial charge in [-0.3, -0.25) is 4.79 Å². The van der Waals surface area contributed by atoms with Gasteiger partial charge >= 0.3 is 6.03 Å². The summed E-state index contributed by atoms with van der Waals surface area (Å²) < 4.78 is 13.7. The van der Waals surface area contributed by atoms with E-state index >= 15 is 0 Å². The second kappa shape index (κ2) is 4.40. The minimum Gasteiger partial charge on any atom is -0.336 e. The maximum atomic E-state index is 13.7. The highest BCUT2D eigenvalue weighted by Gasteiger charge is 2.43. The van der Waals surface area contributed by atoms with Crippen LogP contribution in [0.25, 0.3) is 0 Å². The Balaban J connectivity index is 2.45. The lowest BCUT2D eigenvalue weighted by Gasteiger charge is -2.37. The van der Waals surface area contributed by atoms with E-state index in [1.807, 2.05) is 6.92 Å². The molecule has 1 fully saturated rings. The molecule has 2 rings (SSSR count). The van der Waals surface area contributed by atoms with Crippen molar-refractivity contribution < 1.29 is 14.0 Å². The minimum absolute atomic E-state index is 0.000579. The number of nitrogens with one attached hydrogen (secondary N) is 1. The predicted molar refractivity (Wildman–Crippen MR) is 65.7 cm³/mol. The second-order valence-corrected chi connectivity index (χ2v) is 4.66. The summed E-state index contributed by atoms with van der Waals surface area (Å²) in [4.78, 5) is 25.0. The largest absolute Gasteiger partial charge is 0.336 e. The molecule has 1 aliphatic heterocycles. The Morgan fingerprint density at radius 1 is 1.39 bits per heavy atom. The molecule has 0 spiro atoms. The van der Waals surface area contributed by atoms with Gasteiger partial charge in [0.05, 0.1) is 11.1 Å². The number of benzene rings is 1. The zero-order chi connectivity index (χ0) is 13.3. The molecule has 1 N–H and O–H groups in total. The molecular weight excluding hydrogens is 235 g/mol. The first-order chi connectivity index (χ1) is 8.49. The summed E-state index contributed by atoms with van der Waals surface area (Å²) in [6, 6.07) is 5.19. The van der Waals surface area contributed by atoms with E-state index in [0.717, 1.165) is 4.90 Å². The molecule has 3 amide bonds. The number of para-hydroxylation sites is 1. The lowest BCUT2D eigenvalue weighted by Crippen LogP contribution is -2.60. The fraction of sp³-hybridized carbons (Fsp3) is 0.385. The van der Waals surface area contributed by atoms with Crippen LogP contribution in [0.2, 0.25) is 0 Å². The smallest absolute Gasteiger partial charge is 0.328 e. The van der Waals surface area contributed by atoms with Gasteiger partial charge in [-0.15, -0.1) is 0 Å². The number of halogens is 1. The van der Waals surface area contributed by atoms with E-state index in [1.165, 1.54) is 18.2 Å². The van der Waals surface area contributed by atoms with Crippen molar-refractivity contribution in [3.8, 4) is 0 Å². The number of imide groups is 1. The number of carbonyl (C=O) groups is 2. The molecule has 1 aromatic rings. The normalized spacial score (nSPS) is 24.1. The Morgan fingerprint density at radius 2 is 2.06 bits per heavy atom. The lowest BCUT2D eigenvalue weighted by molar-refractivity contribution is -0.127. The summed E-state index contributed by atoms with van der Waals surface area (Å²) in [5.74, 6) is -0.944. The highest BCUT2D eigenvalue weighted by Crippen LogP contribution is 2.31. The van der Waals surface area contributed by atoms with Gasteiger partial charge in [0.25, 0.3) is 0 Å². The summed E-state index contributed by atoms with van der Waals surface area (Å²) in [7, 11) is 0. The number of amides is 3. The number of rotatable bonds is 2. The number of urea groups is 1. The van der Waals surface area contributed by atoms with Gasteiger partial charge < -0.3 is 5.32 Å². The Labute approximate surface area is 105 Å². The molecule has 1 unspecified atom stereocenters. The molecule has 0 aliphatic carbocycles. The summed E-state index contributed by atoms with van der Waals surface area (Å²) in [6.07, 6.45) is 0.580. The van der Waals surface area contributed by atoms with E-state index < -0.39 is 17.3 Å². The SMILES string of the molecule is CCC1(C)CNC(=O)N(c2ccccc2F)C1=O. The minimum atomic E-state index is -0.684. The Morgan fingerprint density at radius 3 is 2.67 bits per heavy atom. The fourth-order valence-corrected chi connectivity index (χ4v) is 1.92. The predicted octanol–water partition coefficient (Wildman–Crippen LogP) is 2.30. The van der Waals surface area contributed by atoms with Gasteiger partial charge in [-0.25, -0.2) is 14.1 Å². The van der Waals surface area contributed by atoms with Crippen LogP contribution in [0.15, 0.2) is 24.3 Å². The molecule has 0 radical (unpaired) electrons. The van der Waals surface area contributed by atoms with Crippen molar-refractivity contribution in [1.29, 1.82) is 0 Å². The number of nitrogens with zero attached hydrogens (tertiary/aromatic N) is 1. The Hall–Kier alpha value is -1.91. The molecule has 0 aromatic heterocycles. The summed E-state index contributed by atoms with van der Waals surface area (Å²) in [5, 5.41) is 2.63. The fourth-order valence-electron chi connectivity index (χ4n) is 1.92. The van der Waals surface area contributed by atoms with Crippen LogP contribution in [0.1, 0.15) is 20.3 Å². The molecule has 0 bridgehead atoms. The number of hydrogen-bond donors (Lipinski definition) is 1. The van der Waals surface area contributed by atoms with Gasteiger partial charge in [0.15, 0.2) is 0 Å². The van der Waals surface area contributed by atoms with E-state index in [1.54, 1.807) is 13.0 Å². The van der Waals surface area contributed by atoms with Crippen molar-refractivity contribution in [2.24, 2.45) is 5.41 Å². The molecule has 4 nitrogen and oxygen atoms in total. The molecule has 1 saturated heterocycles. The van der Waals surface area contributed by atoms with Gasteiger partial charge in [-0.05, 0) is 25.5 Å². The molecule has 1 heterocycles. The van der Waals surface area contributed by atoms with Crippen LogP contribution in [-0.4, -0.2) is 18.5 Å². The molecule has 1 aromatic carbocycles. The average Bonchev–Trinajstić information content (AvgIpc) is 2.37. The van der Waals surface area contributed by atoms with Crippen LogP contribution in [0.3, 0.4) is 0 Å². The summed E-state index contributed by atoms with van der Waals surface area (Å²) >= 11 is 0. The van der Waals surface area contributed by atoms with Gasteiger partial charge in [0, 0.05) is 6.54 Å². The third-order valence-corrected chi connectivity index (χ3v) is 3.43. The Kier molecular flexibility index (Phi) is 3.07. The molecule has 0 saturated carbocycles. The maximum Gasteiger partial charge on any atom is 0.328 e. The van der Waals surface area contributed by atoms with Crippen molar-refractivity contribution in [2.75, 3.05) is 11.4 Å². The number of anilines is 1. The van der Waals surface area contributed by atoms with Gasteiger partial charge in [-0.1, -0.05) is 19.1 Å². The quantitative estimate of drug-likeness (QED) is 0.875. The first-order valence-electron chi connectivity index (χ1n) is 5.86. The van der Waals surface area contributed by atoms with Crippen molar-refractivity contribution in [3.05, 3.63) is 30.1 Å². The first-order valence-corrected chi connectivity index (χ1v) is 5.86. The van der Waals surface area contributed by atoms with Gasteiger partial charge in [0.2, 0.25) is 5.91 Å². The van der Waals surface area contributed by atoms with Crippen LogP contribution < -0.4 is 10.2 Å². The number of carbonyl (C=O) groups excluding carboxylic acids is 2. The second-order valence-electron chi connectivity index (χ2n) is 4.66.